The van der Waals surface area contributed by atoms with E-state index in [9.17, 15) is 4.39 Å². The van der Waals surface area contributed by atoms with Crippen LogP contribution in [0, 0.1) is 5.82 Å². The van der Waals surface area contributed by atoms with Crippen LogP contribution < -0.4 is 10.1 Å². The molecule has 1 aromatic carbocycles. The number of nitrogens with zero attached hydrogens (tertiary/aromatic N) is 1. The quantitative estimate of drug-likeness (QED) is 0.850. The number of aromatic nitrogens is 1. The standard InChI is InChI=1S/C16H18BrFN2O/c1-3-8-19-16(14-6-5-12(17)10-20-14)11-4-7-15(21-2)13(18)9-11/h4-7,9-10,16,19H,3,8H2,1-2H3. The first kappa shape index (κ1) is 15.9. The molecule has 0 fully saturated rings. The first-order valence-electron chi connectivity index (χ1n) is 6.84. The van der Waals surface area contributed by atoms with Gasteiger partial charge in [0, 0.05) is 10.7 Å². The first-order chi connectivity index (χ1) is 10.2. The predicted octanol–water partition coefficient (Wildman–Crippen LogP) is 4.08. The molecule has 21 heavy (non-hydrogen) atoms. The number of halogens is 2. The molecular formula is C16H18BrFN2O. The van der Waals surface area contributed by atoms with Crippen molar-refractivity contribution in [3.05, 3.63) is 58.1 Å². The third-order valence-corrected chi connectivity index (χ3v) is 3.62. The van der Waals surface area contributed by atoms with Crippen molar-refractivity contribution in [3.8, 4) is 5.75 Å². The molecule has 0 radical (unpaired) electrons. The second-order valence-corrected chi connectivity index (χ2v) is 5.60. The van der Waals surface area contributed by atoms with Crippen molar-refractivity contribution in [2.45, 2.75) is 19.4 Å². The highest BCUT2D eigenvalue weighted by Crippen LogP contribution is 2.26. The Morgan fingerprint density at radius 3 is 2.71 bits per heavy atom. The fourth-order valence-corrected chi connectivity index (χ4v) is 2.34. The van der Waals surface area contributed by atoms with Crippen LogP contribution in [0.25, 0.3) is 0 Å². The average molecular weight is 353 g/mol. The molecule has 112 valence electrons. The van der Waals surface area contributed by atoms with E-state index in [1.807, 2.05) is 18.2 Å². The molecule has 2 aromatic rings. The Kier molecular flexibility index (Phi) is 5.70. The third kappa shape index (κ3) is 4.02. The lowest BCUT2D eigenvalue weighted by Crippen LogP contribution is -2.24. The van der Waals surface area contributed by atoms with Gasteiger partial charge in [-0.25, -0.2) is 4.39 Å². The highest BCUT2D eigenvalue weighted by Gasteiger charge is 2.16. The van der Waals surface area contributed by atoms with E-state index in [-0.39, 0.29) is 17.6 Å². The molecule has 2 rings (SSSR count). The maximum atomic E-state index is 13.9. The largest absolute Gasteiger partial charge is 0.494 e. The molecule has 1 atom stereocenters. The number of methoxy groups -OCH3 is 1. The summed E-state index contributed by atoms with van der Waals surface area (Å²) in [7, 11) is 1.46. The van der Waals surface area contributed by atoms with E-state index >= 15 is 0 Å². The summed E-state index contributed by atoms with van der Waals surface area (Å²) in [5.74, 6) is -0.118. The Hall–Kier alpha value is -1.46. The van der Waals surface area contributed by atoms with E-state index in [0.29, 0.717) is 0 Å². The van der Waals surface area contributed by atoms with E-state index in [4.69, 9.17) is 4.74 Å². The van der Waals surface area contributed by atoms with Gasteiger partial charge in [0.1, 0.15) is 0 Å². The first-order valence-corrected chi connectivity index (χ1v) is 7.63. The highest BCUT2D eigenvalue weighted by atomic mass is 79.9. The van der Waals surface area contributed by atoms with Gasteiger partial charge in [-0.15, -0.1) is 0 Å². The smallest absolute Gasteiger partial charge is 0.165 e. The molecule has 0 amide bonds. The number of rotatable bonds is 6. The summed E-state index contributed by atoms with van der Waals surface area (Å²) < 4.78 is 19.8. The van der Waals surface area contributed by atoms with Gasteiger partial charge in [-0.3, -0.25) is 4.98 Å². The van der Waals surface area contributed by atoms with Gasteiger partial charge in [0.15, 0.2) is 11.6 Å². The fourth-order valence-electron chi connectivity index (χ4n) is 2.10. The zero-order chi connectivity index (χ0) is 15.2. The second-order valence-electron chi connectivity index (χ2n) is 4.68. The van der Waals surface area contributed by atoms with Gasteiger partial charge in [0.2, 0.25) is 0 Å². The molecule has 0 aliphatic rings. The van der Waals surface area contributed by atoms with E-state index in [0.717, 1.165) is 28.7 Å². The number of hydrogen-bond acceptors (Lipinski definition) is 3. The van der Waals surface area contributed by atoms with Crippen molar-refractivity contribution in [2.24, 2.45) is 0 Å². The Morgan fingerprint density at radius 2 is 2.14 bits per heavy atom. The van der Waals surface area contributed by atoms with Crippen LogP contribution in [0.4, 0.5) is 4.39 Å². The summed E-state index contributed by atoms with van der Waals surface area (Å²) in [6, 6.07) is 8.72. The van der Waals surface area contributed by atoms with Crippen LogP contribution in [0.2, 0.25) is 0 Å². The molecule has 0 saturated heterocycles. The number of benzene rings is 1. The van der Waals surface area contributed by atoms with Crippen LogP contribution in [0.15, 0.2) is 41.0 Å². The molecule has 1 N–H and O–H groups in total. The summed E-state index contributed by atoms with van der Waals surface area (Å²) in [5, 5.41) is 3.40. The molecule has 1 aromatic heterocycles. The van der Waals surface area contributed by atoms with Crippen LogP contribution in [0.1, 0.15) is 30.6 Å². The average Bonchev–Trinajstić information content (AvgIpc) is 2.49. The number of nitrogens with one attached hydrogen (secondary N) is 1. The van der Waals surface area contributed by atoms with Crippen molar-refractivity contribution < 1.29 is 9.13 Å². The predicted molar refractivity (Wildman–Crippen MR) is 85.0 cm³/mol. The van der Waals surface area contributed by atoms with E-state index in [1.54, 1.807) is 12.3 Å². The van der Waals surface area contributed by atoms with E-state index < -0.39 is 0 Å². The van der Waals surface area contributed by atoms with Gasteiger partial charge in [-0.1, -0.05) is 13.0 Å². The Balaban J connectivity index is 2.35. The molecule has 0 aliphatic heterocycles. The maximum absolute atomic E-state index is 13.9. The molecule has 1 unspecified atom stereocenters. The SMILES string of the molecule is CCCNC(c1ccc(OC)c(F)c1)c1ccc(Br)cn1. The molecule has 0 bridgehead atoms. The minimum Gasteiger partial charge on any atom is -0.494 e. The molecular weight excluding hydrogens is 335 g/mol. The van der Waals surface area contributed by atoms with Crippen molar-refractivity contribution in [3.63, 3.8) is 0 Å². The number of ether oxygens (including phenoxy) is 1. The summed E-state index contributed by atoms with van der Waals surface area (Å²) in [5.41, 5.74) is 1.69. The normalized spacial score (nSPS) is 12.2. The maximum Gasteiger partial charge on any atom is 0.165 e. The van der Waals surface area contributed by atoms with Crippen molar-refractivity contribution in [1.82, 2.24) is 10.3 Å². The zero-order valence-electron chi connectivity index (χ0n) is 12.1. The lowest BCUT2D eigenvalue weighted by molar-refractivity contribution is 0.385. The topological polar surface area (TPSA) is 34.1 Å². The van der Waals surface area contributed by atoms with Gasteiger partial charge < -0.3 is 10.1 Å². The van der Waals surface area contributed by atoms with Gasteiger partial charge in [-0.2, -0.15) is 0 Å². The summed E-state index contributed by atoms with van der Waals surface area (Å²) in [4.78, 5) is 4.42. The van der Waals surface area contributed by atoms with Crippen LogP contribution in [0.3, 0.4) is 0 Å². The highest BCUT2D eigenvalue weighted by molar-refractivity contribution is 9.10. The minimum absolute atomic E-state index is 0.140. The number of hydrogen-bond donors (Lipinski definition) is 1. The zero-order valence-corrected chi connectivity index (χ0v) is 13.7. The summed E-state index contributed by atoms with van der Waals surface area (Å²) in [6.45, 7) is 2.92. The fraction of sp³-hybridized carbons (Fsp3) is 0.312. The summed E-state index contributed by atoms with van der Waals surface area (Å²) in [6.07, 6.45) is 2.74. The van der Waals surface area contributed by atoms with Crippen LogP contribution >= 0.6 is 15.9 Å². The van der Waals surface area contributed by atoms with Crippen LogP contribution in [0.5, 0.6) is 5.75 Å². The Bertz CT molecular complexity index is 589. The van der Waals surface area contributed by atoms with Crippen LogP contribution in [-0.4, -0.2) is 18.6 Å². The van der Waals surface area contributed by atoms with E-state index in [2.05, 4.69) is 33.2 Å². The molecule has 1 heterocycles. The minimum atomic E-state index is -0.365. The summed E-state index contributed by atoms with van der Waals surface area (Å²) >= 11 is 3.37. The van der Waals surface area contributed by atoms with Crippen LogP contribution in [-0.2, 0) is 0 Å². The van der Waals surface area contributed by atoms with Crippen molar-refractivity contribution >= 4 is 15.9 Å². The second kappa shape index (κ2) is 7.52. The number of pyridine rings is 1. The molecule has 0 saturated carbocycles. The monoisotopic (exact) mass is 352 g/mol. The van der Waals surface area contributed by atoms with Gasteiger partial charge in [0.25, 0.3) is 0 Å². The molecule has 3 nitrogen and oxygen atoms in total. The van der Waals surface area contributed by atoms with Crippen molar-refractivity contribution in [1.29, 1.82) is 0 Å². The van der Waals surface area contributed by atoms with E-state index in [1.165, 1.54) is 13.2 Å². The van der Waals surface area contributed by atoms with Gasteiger partial charge in [-0.05, 0) is 58.7 Å². The van der Waals surface area contributed by atoms with Crippen molar-refractivity contribution in [2.75, 3.05) is 13.7 Å². The molecule has 5 heteroatoms. The molecule has 0 spiro atoms. The molecule has 0 aliphatic carbocycles. The lowest BCUT2D eigenvalue weighted by Gasteiger charge is -2.19. The Labute approximate surface area is 132 Å². The van der Waals surface area contributed by atoms with Gasteiger partial charge in [0.05, 0.1) is 18.8 Å². The lowest BCUT2D eigenvalue weighted by atomic mass is 10.0. The third-order valence-electron chi connectivity index (χ3n) is 3.15. The Morgan fingerprint density at radius 1 is 1.33 bits per heavy atom. The van der Waals surface area contributed by atoms with Gasteiger partial charge >= 0.3 is 0 Å².